The zero-order valence-corrected chi connectivity index (χ0v) is 14.9. The standard InChI is InChI=1S/C20H28O4/c1-9-5-6-10(2)20(19(23)24-4)17(9)11(3)15-13-7-12(8-14(13)21)16(15)18(20)22/h5-6,9-17,21H,7-8H2,1-4H3/t9?,10-,11?,12-,13+,14?,15?,16?,17?,20?/m1/s1. The molecule has 4 heteroatoms. The van der Waals surface area contributed by atoms with Crippen molar-refractivity contribution in [1.82, 2.24) is 0 Å². The summed E-state index contributed by atoms with van der Waals surface area (Å²) in [5.74, 6) is 0.580. The number of allylic oxidation sites excluding steroid dienone is 2. The number of hydrogen-bond donors (Lipinski definition) is 1. The van der Waals surface area contributed by atoms with Crippen molar-refractivity contribution in [1.29, 1.82) is 0 Å². The van der Waals surface area contributed by atoms with E-state index in [1.807, 2.05) is 13.0 Å². The Hall–Kier alpha value is -1.16. The fraction of sp³-hybridized carbons (Fsp3) is 0.800. The second-order valence-corrected chi connectivity index (χ2v) is 8.71. The molecule has 0 aromatic rings. The first-order valence-corrected chi connectivity index (χ1v) is 9.34. The number of rotatable bonds is 1. The molecule has 24 heavy (non-hydrogen) atoms. The zero-order valence-electron chi connectivity index (χ0n) is 14.9. The van der Waals surface area contributed by atoms with Crippen molar-refractivity contribution in [2.75, 3.05) is 7.11 Å². The van der Waals surface area contributed by atoms with Crippen LogP contribution in [0.3, 0.4) is 0 Å². The van der Waals surface area contributed by atoms with Gasteiger partial charge in [0.1, 0.15) is 5.41 Å². The molecule has 0 amide bonds. The highest BCUT2D eigenvalue weighted by atomic mass is 16.5. The van der Waals surface area contributed by atoms with Gasteiger partial charge < -0.3 is 9.84 Å². The maximum Gasteiger partial charge on any atom is 0.320 e. The van der Waals surface area contributed by atoms with Crippen LogP contribution in [0.1, 0.15) is 33.6 Å². The minimum absolute atomic E-state index is 0.0368. The molecular weight excluding hydrogens is 304 g/mol. The van der Waals surface area contributed by atoms with Gasteiger partial charge in [-0.1, -0.05) is 32.9 Å². The number of ether oxygens (including phenoxy) is 1. The lowest BCUT2D eigenvalue weighted by atomic mass is 9.44. The van der Waals surface area contributed by atoms with Crippen LogP contribution >= 0.6 is 0 Å². The van der Waals surface area contributed by atoms with E-state index >= 15 is 0 Å². The quantitative estimate of drug-likeness (QED) is 0.455. The Morgan fingerprint density at radius 2 is 1.96 bits per heavy atom. The molecule has 1 N–H and O–H groups in total. The molecule has 3 fully saturated rings. The predicted octanol–water partition coefficient (Wildman–Crippen LogP) is 2.46. The fourth-order valence-corrected chi connectivity index (χ4v) is 7.20. The summed E-state index contributed by atoms with van der Waals surface area (Å²) < 4.78 is 5.19. The van der Waals surface area contributed by atoms with Gasteiger partial charge in [-0.2, -0.15) is 0 Å². The normalized spacial score (nSPS) is 55.2. The number of hydrogen-bond acceptors (Lipinski definition) is 4. The summed E-state index contributed by atoms with van der Waals surface area (Å²) in [6.07, 6.45) is 5.57. The van der Waals surface area contributed by atoms with Crippen molar-refractivity contribution in [2.45, 2.75) is 39.7 Å². The highest BCUT2D eigenvalue weighted by Crippen LogP contribution is 2.66. The van der Waals surface area contributed by atoms with E-state index in [9.17, 15) is 14.7 Å². The highest BCUT2D eigenvalue weighted by Gasteiger charge is 2.71. The summed E-state index contributed by atoms with van der Waals surface area (Å²) in [6.45, 7) is 6.29. The first-order chi connectivity index (χ1) is 11.4. The van der Waals surface area contributed by atoms with Gasteiger partial charge in [0, 0.05) is 5.92 Å². The SMILES string of the molecule is COC(=O)C12C(=O)C3C(C(C)C1C(C)C=C[C@H]2C)[C@H]1C[C@@H]3CC1O. The summed E-state index contributed by atoms with van der Waals surface area (Å²) in [5.41, 5.74) is -1.04. The third-order valence-corrected chi connectivity index (χ3v) is 7.95. The minimum Gasteiger partial charge on any atom is -0.468 e. The maximum atomic E-state index is 13.7. The van der Waals surface area contributed by atoms with Crippen LogP contribution in [0.5, 0.6) is 0 Å². The molecular formula is C20H28O4. The lowest BCUT2D eigenvalue weighted by molar-refractivity contribution is -0.184. The van der Waals surface area contributed by atoms with E-state index in [0.717, 1.165) is 6.42 Å². The molecule has 4 rings (SSSR count). The van der Waals surface area contributed by atoms with Gasteiger partial charge in [-0.05, 0) is 54.3 Å². The molecule has 4 nitrogen and oxygen atoms in total. The van der Waals surface area contributed by atoms with Crippen LogP contribution in [-0.4, -0.2) is 30.1 Å². The summed E-state index contributed by atoms with van der Waals surface area (Å²) in [6, 6.07) is 0. The van der Waals surface area contributed by atoms with Gasteiger partial charge in [-0.3, -0.25) is 9.59 Å². The summed E-state index contributed by atoms with van der Waals surface area (Å²) in [4.78, 5) is 26.7. The zero-order chi connectivity index (χ0) is 17.4. The molecule has 0 saturated heterocycles. The van der Waals surface area contributed by atoms with E-state index in [1.165, 1.54) is 7.11 Å². The molecule has 2 bridgehead atoms. The topological polar surface area (TPSA) is 63.6 Å². The second-order valence-electron chi connectivity index (χ2n) is 8.71. The molecule has 0 radical (unpaired) electrons. The second kappa shape index (κ2) is 5.17. The number of carbonyl (C=O) groups excluding carboxylic acids is 2. The van der Waals surface area contributed by atoms with Crippen LogP contribution in [0.4, 0.5) is 0 Å². The van der Waals surface area contributed by atoms with Crippen molar-refractivity contribution in [3.63, 3.8) is 0 Å². The lowest BCUT2D eigenvalue weighted by Crippen LogP contribution is -2.64. The van der Waals surface area contributed by atoms with E-state index in [4.69, 9.17) is 4.74 Å². The van der Waals surface area contributed by atoms with E-state index in [2.05, 4.69) is 19.9 Å². The van der Waals surface area contributed by atoms with Crippen LogP contribution in [0.2, 0.25) is 0 Å². The first-order valence-electron chi connectivity index (χ1n) is 9.34. The van der Waals surface area contributed by atoms with Gasteiger partial charge in [0.25, 0.3) is 0 Å². The summed E-state index contributed by atoms with van der Waals surface area (Å²) >= 11 is 0. The molecule has 3 saturated carbocycles. The number of carbonyl (C=O) groups is 2. The molecule has 0 spiro atoms. The Bertz CT molecular complexity index is 611. The van der Waals surface area contributed by atoms with E-state index < -0.39 is 5.41 Å². The number of esters is 1. The van der Waals surface area contributed by atoms with Gasteiger partial charge in [-0.15, -0.1) is 0 Å². The molecule has 4 aliphatic rings. The molecule has 7 unspecified atom stereocenters. The number of fused-ring (bicyclic) bond motifs is 6. The first kappa shape index (κ1) is 16.3. The number of Topliss-reactive ketones (excluding diaryl/α,β-unsaturated/α-hetero) is 1. The van der Waals surface area contributed by atoms with Gasteiger partial charge in [-0.25, -0.2) is 0 Å². The predicted molar refractivity (Wildman–Crippen MR) is 88.8 cm³/mol. The van der Waals surface area contributed by atoms with Gasteiger partial charge in [0.05, 0.1) is 13.2 Å². The van der Waals surface area contributed by atoms with Crippen LogP contribution in [-0.2, 0) is 14.3 Å². The van der Waals surface area contributed by atoms with Crippen LogP contribution in [0, 0.1) is 52.8 Å². The molecule has 0 aliphatic heterocycles. The van der Waals surface area contributed by atoms with Gasteiger partial charge in [0.15, 0.2) is 5.78 Å². The van der Waals surface area contributed by atoms with E-state index in [-0.39, 0.29) is 65.2 Å². The Morgan fingerprint density at radius 1 is 1.25 bits per heavy atom. The monoisotopic (exact) mass is 332 g/mol. The van der Waals surface area contributed by atoms with Crippen LogP contribution in [0.25, 0.3) is 0 Å². The Balaban J connectivity index is 1.88. The van der Waals surface area contributed by atoms with Crippen molar-refractivity contribution >= 4 is 11.8 Å². The van der Waals surface area contributed by atoms with E-state index in [0.29, 0.717) is 6.42 Å². The molecule has 0 aromatic heterocycles. The maximum absolute atomic E-state index is 13.7. The molecule has 0 heterocycles. The minimum atomic E-state index is -1.04. The van der Waals surface area contributed by atoms with Gasteiger partial charge in [0.2, 0.25) is 0 Å². The van der Waals surface area contributed by atoms with Crippen molar-refractivity contribution < 1.29 is 19.4 Å². The van der Waals surface area contributed by atoms with Crippen molar-refractivity contribution in [2.24, 2.45) is 52.8 Å². The van der Waals surface area contributed by atoms with Crippen LogP contribution < -0.4 is 0 Å². The third-order valence-electron chi connectivity index (χ3n) is 7.95. The summed E-state index contributed by atoms with van der Waals surface area (Å²) in [7, 11) is 1.40. The van der Waals surface area contributed by atoms with Crippen molar-refractivity contribution in [3.8, 4) is 0 Å². The fourth-order valence-electron chi connectivity index (χ4n) is 7.20. The molecule has 132 valence electrons. The molecule has 10 atom stereocenters. The number of ketones is 1. The third kappa shape index (κ3) is 1.68. The number of aliphatic hydroxyl groups is 1. The average molecular weight is 332 g/mol. The smallest absolute Gasteiger partial charge is 0.320 e. The number of aliphatic hydroxyl groups excluding tert-OH is 1. The Morgan fingerprint density at radius 3 is 2.62 bits per heavy atom. The largest absolute Gasteiger partial charge is 0.468 e. The van der Waals surface area contributed by atoms with E-state index in [1.54, 1.807) is 0 Å². The van der Waals surface area contributed by atoms with Crippen LogP contribution in [0.15, 0.2) is 12.2 Å². The van der Waals surface area contributed by atoms with Gasteiger partial charge >= 0.3 is 5.97 Å². The Labute approximate surface area is 143 Å². The molecule has 0 aromatic carbocycles. The average Bonchev–Trinajstić information content (AvgIpc) is 3.11. The summed E-state index contributed by atoms with van der Waals surface area (Å²) in [5, 5.41) is 10.4. The van der Waals surface area contributed by atoms with Crippen molar-refractivity contribution in [3.05, 3.63) is 12.2 Å². The molecule has 4 aliphatic carbocycles. The number of methoxy groups -OCH3 is 1. The lowest BCUT2D eigenvalue weighted by Gasteiger charge is -2.57. The Kier molecular flexibility index (Phi) is 3.51. The highest BCUT2D eigenvalue weighted by molar-refractivity contribution is 6.07.